The van der Waals surface area contributed by atoms with Gasteiger partial charge in [0, 0.05) is 12.8 Å². The van der Waals surface area contributed by atoms with Crippen LogP contribution in [-0.2, 0) is 4.79 Å². The lowest BCUT2D eigenvalue weighted by molar-refractivity contribution is -0.788. The van der Waals surface area contributed by atoms with Crippen molar-refractivity contribution in [2.75, 3.05) is 6.54 Å². The minimum atomic E-state index is -1.13. The van der Waals surface area contributed by atoms with Gasteiger partial charge in [-0.05, 0) is 13.8 Å². The zero-order valence-corrected chi connectivity index (χ0v) is 8.41. The summed E-state index contributed by atoms with van der Waals surface area (Å²) in [6.07, 6.45) is 0.323. The molecule has 0 spiro atoms. The molecule has 1 rings (SSSR count). The lowest BCUT2D eigenvalue weighted by atomic mass is 10.2. The highest BCUT2D eigenvalue weighted by molar-refractivity contribution is 6.34. The van der Waals surface area contributed by atoms with E-state index in [2.05, 4.69) is 0 Å². The topological polar surface area (TPSA) is 78.2 Å². The van der Waals surface area contributed by atoms with E-state index in [0.29, 0.717) is 6.54 Å². The van der Waals surface area contributed by atoms with Gasteiger partial charge >= 0.3 is 12.0 Å². The van der Waals surface area contributed by atoms with Crippen LogP contribution in [0.15, 0.2) is 0 Å². The molecular formula is C9H15N2O3+. The molecule has 5 nitrogen and oxygen atoms in total. The number of rotatable bonds is 1. The second-order valence-corrected chi connectivity index (χ2v) is 3.80. The minimum absolute atomic E-state index is 0.179. The molecule has 1 aliphatic rings. The molecule has 0 aliphatic carbocycles. The van der Waals surface area contributed by atoms with Crippen LogP contribution in [0.3, 0.4) is 0 Å². The molecule has 2 amide bonds. The second-order valence-electron chi connectivity index (χ2n) is 3.80. The van der Waals surface area contributed by atoms with E-state index in [9.17, 15) is 9.59 Å². The van der Waals surface area contributed by atoms with Crippen LogP contribution >= 0.6 is 0 Å². The quantitative estimate of drug-likeness (QED) is 0.492. The van der Waals surface area contributed by atoms with E-state index in [0.717, 1.165) is 12.8 Å². The first-order valence-corrected chi connectivity index (χ1v) is 4.64. The maximum Gasteiger partial charge on any atom is 0.521 e. The Balaban J connectivity index is 3.11. The Bertz CT molecular complexity index is 300. The minimum Gasteiger partial charge on any atom is -0.435 e. The third-order valence-corrected chi connectivity index (χ3v) is 2.91. The van der Waals surface area contributed by atoms with Crippen LogP contribution in [-0.4, -0.2) is 39.9 Å². The van der Waals surface area contributed by atoms with Gasteiger partial charge in [0.15, 0.2) is 0 Å². The van der Waals surface area contributed by atoms with E-state index in [1.54, 1.807) is 6.92 Å². The fraction of sp³-hybridized carbons (Fsp3) is 0.667. The molecular weight excluding hydrogens is 184 g/mol. The highest BCUT2D eigenvalue weighted by Gasteiger charge is 2.53. The number of carbonyl (C=O) groups is 2. The van der Waals surface area contributed by atoms with Crippen LogP contribution in [0.4, 0.5) is 4.79 Å². The molecule has 1 fully saturated rings. The van der Waals surface area contributed by atoms with Crippen molar-refractivity contribution in [1.29, 1.82) is 5.41 Å². The number of imide groups is 1. The summed E-state index contributed by atoms with van der Waals surface area (Å²) in [5.41, 5.74) is -0.179. The van der Waals surface area contributed by atoms with Gasteiger partial charge in [-0.15, -0.1) is 0 Å². The van der Waals surface area contributed by atoms with Crippen LogP contribution < -0.4 is 0 Å². The summed E-state index contributed by atoms with van der Waals surface area (Å²) < 4.78 is -0.588. The van der Waals surface area contributed by atoms with Gasteiger partial charge < -0.3 is 5.11 Å². The number of carboxylic acid groups (broad SMARTS) is 1. The van der Waals surface area contributed by atoms with E-state index >= 15 is 0 Å². The van der Waals surface area contributed by atoms with E-state index in [1.807, 2.05) is 0 Å². The Kier molecular flexibility index (Phi) is 2.71. The Labute approximate surface area is 82.4 Å². The average Bonchev–Trinajstić information content (AvgIpc) is 2.46. The zero-order valence-electron chi connectivity index (χ0n) is 8.41. The third kappa shape index (κ3) is 1.33. The van der Waals surface area contributed by atoms with Crippen LogP contribution in [0, 0.1) is 5.41 Å². The summed E-state index contributed by atoms with van der Waals surface area (Å²) in [6, 6.07) is -0.222. The van der Waals surface area contributed by atoms with Crippen molar-refractivity contribution in [2.45, 2.75) is 32.7 Å². The summed E-state index contributed by atoms with van der Waals surface area (Å²) in [6.45, 7) is 3.41. The average molecular weight is 199 g/mol. The van der Waals surface area contributed by atoms with Crippen molar-refractivity contribution in [3.8, 4) is 0 Å². The molecule has 1 heterocycles. The number of quaternary nitrogens is 1. The van der Waals surface area contributed by atoms with Gasteiger partial charge in [-0.1, -0.05) is 0 Å². The standard InChI is InChI=1S/C9H14N2O3/c1-6-4-3-5-11(6,9(13)14)8(12)7(2)10/h6,10H,3-5H2,1-2H3/p+1/t6-,11?/m1/s1. The van der Waals surface area contributed by atoms with E-state index in [1.165, 1.54) is 6.92 Å². The van der Waals surface area contributed by atoms with Crippen LogP contribution in [0.5, 0.6) is 0 Å². The fourth-order valence-electron chi connectivity index (χ4n) is 2.05. The predicted octanol–water partition coefficient (Wildman–Crippen LogP) is 1.23. The maximum absolute atomic E-state index is 11.7. The van der Waals surface area contributed by atoms with Crippen molar-refractivity contribution in [3.05, 3.63) is 0 Å². The predicted molar refractivity (Wildman–Crippen MR) is 50.3 cm³/mol. The zero-order chi connectivity index (χ0) is 10.9. The number of nitrogens with one attached hydrogen (secondary N) is 1. The Morgan fingerprint density at radius 2 is 2.07 bits per heavy atom. The normalized spacial score (nSPS) is 31.4. The van der Waals surface area contributed by atoms with E-state index < -0.39 is 16.5 Å². The van der Waals surface area contributed by atoms with Crippen molar-refractivity contribution in [3.63, 3.8) is 0 Å². The van der Waals surface area contributed by atoms with E-state index in [4.69, 9.17) is 10.5 Å². The summed E-state index contributed by atoms with van der Waals surface area (Å²) in [4.78, 5) is 22.8. The molecule has 0 aromatic carbocycles. The lowest BCUT2D eigenvalue weighted by Crippen LogP contribution is -2.60. The number of amides is 2. The number of hydrogen-bond acceptors (Lipinski definition) is 3. The molecule has 0 saturated carbocycles. The van der Waals surface area contributed by atoms with Crippen LogP contribution in [0.2, 0.25) is 0 Å². The molecule has 2 N–H and O–H groups in total. The first kappa shape index (κ1) is 10.8. The Morgan fingerprint density at radius 3 is 2.36 bits per heavy atom. The first-order valence-electron chi connectivity index (χ1n) is 4.64. The third-order valence-electron chi connectivity index (χ3n) is 2.91. The smallest absolute Gasteiger partial charge is 0.435 e. The summed E-state index contributed by atoms with van der Waals surface area (Å²) >= 11 is 0. The number of hydrogen-bond donors (Lipinski definition) is 2. The van der Waals surface area contributed by atoms with Gasteiger partial charge in [0.1, 0.15) is 11.8 Å². The van der Waals surface area contributed by atoms with E-state index in [-0.39, 0.29) is 11.8 Å². The Morgan fingerprint density at radius 1 is 1.50 bits per heavy atom. The second kappa shape index (κ2) is 3.49. The monoisotopic (exact) mass is 199 g/mol. The summed E-state index contributed by atoms with van der Waals surface area (Å²) in [7, 11) is 0. The number of likely N-dealkylation sites (tertiary alicyclic amines) is 1. The van der Waals surface area contributed by atoms with Gasteiger partial charge in [0.2, 0.25) is 0 Å². The van der Waals surface area contributed by atoms with Gasteiger partial charge in [0.25, 0.3) is 0 Å². The molecule has 0 radical (unpaired) electrons. The lowest BCUT2D eigenvalue weighted by Gasteiger charge is -2.28. The van der Waals surface area contributed by atoms with Gasteiger partial charge in [-0.2, -0.15) is 9.28 Å². The maximum atomic E-state index is 11.7. The molecule has 14 heavy (non-hydrogen) atoms. The van der Waals surface area contributed by atoms with Crippen molar-refractivity contribution in [1.82, 2.24) is 0 Å². The number of carbonyl (C=O) groups excluding carboxylic acids is 1. The van der Waals surface area contributed by atoms with Gasteiger partial charge in [-0.25, -0.2) is 4.79 Å². The summed E-state index contributed by atoms with van der Waals surface area (Å²) in [5, 5.41) is 16.4. The first-order chi connectivity index (χ1) is 6.43. The highest BCUT2D eigenvalue weighted by atomic mass is 16.4. The van der Waals surface area contributed by atoms with Crippen LogP contribution in [0.25, 0.3) is 0 Å². The largest absolute Gasteiger partial charge is 0.521 e. The molecule has 0 bridgehead atoms. The molecule has 78 valence electrons. The van der Waals surface area contributed by atoms with Gasteiger partial charge in [0.05, 0.1) is 6.54 Å². The van der Waals surface area contributed by atoms with Gasteiger partial charge in [-0.3, -0.25) is 5.41 Å². The molecule has 0 aromatic rings. The summed E-state index contributed by atoms with van der Waals surface area (Å²) in [5.74, 6) is -0.581. The van der Waals surface area contributed by atoms with Crippen molar-refractivity contribution in [2.24, 2.45) is 0 Å². The molecule has 5 heteroatoms. The highest BCUT2D eigenvalue weighted by Crippen LogP contribution is 2.27. The molecule has 1 unspecified atom stereocenters. The SMILES string of the molecule is CC(=N)C(=O)[N+]1(C(=O)O)CCC[C@H]1C. The fourth-order valence-corrected chi connectivity index (χ4v) is 2.05. The van der Waals surface area contributed by atoms with Crippen molar-refractivity contribution < 1.29 is 19.2 Å². The molecule has 0 aromatic heterocycles. The van der Waals surface area contributed by atoms with Crippen LogP contribution in [0.1, 0.15) is 26.7 Å². The van der Waals surface area contributed by atoms with Crippen molar-refractivity contribution >= 4 is 17.7 Å². The molecule has 1 saturated heterocycles. The molecule has 2 atom stereocenters. The Hall–Kier alpha value is -1.23. The molecule has 1 aliphatic heterocycles. The number of nitrogens with zero attached hydrogens (tertiary/aromatic N) is 1.